The van der Waals surface area contributed by atoms with E-state index in [1.165, 1.54) is 16.9 Å². The molecule has 5 heteroatoms. The van der Waals surface area contributed by atoms with Crippen molar-refractivity contribution in [3.8, 4) is 0 Å². The molecule has 3 rings (SSSR count). The highest BCUT2D eigenvalue weighted by Gasteiger charge is 2.33. The minimum Gasteiger partial charge on any atom is -0.330 e. The number of nitrogens with zero attached hydrogens (tertiary/aromatic N) is 2. The number of carbonyl (C=O) groups is 1. The zero-order valence-electron chi connectivity index (χ0n) is 12.3. The summed E-state index contributed by atoms with van der Waals surface area (Å²) in [6.45, 7) is 5.19. The number of aromatic nitrogens is 1. The Hall–Kier alpha value is -1.72. The van der Waals surface area contributed by atoms with Gasteiger partial charge in [-0.1, -0.05) is 18.2 Å². The number of fused-ring (bicyclic) bond motifs is 1. The molecule has 1 amide bonds. The first-order valence-corrected chi connectivity index (χ1v) is 7.98. The number of aryl methyl sites for hydroxylation is 2. The predicted molar refractivity (Wildman–Crippen MR) is 86.1 cm³/mol. The number of anilines is 1. The van der Waals surface area contributed by atoms with Crippen LogP contribution in [-0.2, 0) is 0 Å². The van der Waals surface area contributed by atoms with Gasteiger partial charge in [0.2, 0.25) is 0 Å². The molecule has 1 atom stereocenters. The number of para-hydroxylation sites is 1. The number of thiazole rings is 1. The molecule has 2 heterocycles. The van der Waals surface area contributed by atoms with Crippen LogP contribution in [0.2, 0.25) is 0 Å². The summed E-state index contributed by atoms with van der Waals surface area (Å²) >= 11 is 1.47. The number of amides is 1. The molecule has 2 aromatic rings. The van der Waals surface area contributed by atoms with Crippen molar-refractivity contribution in [3.63, 3.8) is 0 Å². The van der Waals surface area contributed by atoms with Gasteiger partial charge in [-0.05, 0) is 38.4 Å². The molecule has 0 bridgehead atoms. The maximum atomic E-state index is 12.9. The van der Waals surface area contributed by atoms with Crippen molar-refractivity contribution >= 4 is 22.9 Å². The molecule has 1 aliphatic heterocycles. The summed E-state index contributed by atoms with van der Waals surface area (Å²) in [5, 5.41) is 0.932. The molecule has 0 saturated carbocycles. The van der Waals surface area contributed by atoms with Crippen LogP contribution in [0.3, 0.4) is 0 Å². The van der Waals surface area contributed by atoms with Crippen LogP contribution in [0.5, 0.6) is 0 Å². The van der Waals surface area contributed by atoms with E-state index in [0.29, 0.717) is 19.0 Å². The number of carbonyl (C=O) groups excluding carboxylic acids is 1. The van der Waals surface area contributed by atoms with E-state index in [9.17, 15) is 4.79 Å². The zero-order valence-corrected chi connectivity index (χ0v) is 13.1. The van der Waals surface area contributed by atoms with Crippen molar-refractivity contribution in [2.75, 3.05) is 18.0 Å². The molecule has 0 spiro atoms. The molecule has 0 fully saturated rings. The molecule has 1 unspecified atom stereocenters. The van der Waals surface area contributed by atoms with Crippen molar-refractivity contribution in [2.45, 2.75) is 26.2 Å². The number of rotatable bonds is 3. The average molecular weight is 301 g/mol. The Balaban J connectivity index is 1.96. The molecule has 1 aromatic carbocycles. The topological polar surface area (TPSA) is 59.2 Å². The Morgan fingerprint density at radius 2 is 2.19 bits per heavy atom. The van der Waals surface area contributed by atoms with Crippen LogP contribution in [0.1, 0.15) is 38.3 Å². The minimum atomic E-state index is 0.0603. The van der Waals surface area contributed by atoms with E-state index in [0.717, 1.165) is 27.7 Å². The number of benzene rings is 1. The van der Waals surface area contributed by atoms with Gasteiger partial charge in [-0.3, -0.25) is 4.79 Å². The fourth-order valence-electron chi connectivity index (χ4n) is 2.99. The highest BCUT2D eigenvalue weighted by molar-refractivity contribution is 7.13. The summed E-state index contributed by atoms with van der Waals surface area (Å²) in [7, 11) is 0. The van der Waals surface area contributed by atoms with E-state index >= 15 is 0 Å². The monoisotopic (exact) mass is 301 g/mol. The first-order valence-electron chi connectivity index (χ1n) is 7.16. The van der Waals surface area contributed by atoms with Gasteiger partial charge in [0.05, 0.1) is 10.7 Å². The lowest BCUT2D eigenvalue weighted by atomic mass is 9.98. The second kappa shape index (κ2) is 5.58. The number of hydrogen-bond acceptors (Lipinski definition) is 4. The number of hydrogen-bond donors (Lipinski definition) is 1. The third kappa shape index (κ3) is 2.47. The van der Waals surface area contributed by atoms with E-state index in [2.05, 4.69) is 11.1 Å². The quantitative estimate of drug-likeness (QED) is 0.948. The molecule has 1 aromatic heterocycles. The fourth-order valence-corrected chi connectivity index (χ4v) is 3.86. The summed E-state index contributed by atoms with van der Waals surface area (Å²) < 4.78 is 0. The van der Waals surface area contributed by atoms with Crippen LogP contribution >= 0.6 is 11.3 Å². The molecule has 4 nitrogen and oxygen atoms in total. The predicted octanol–water partition coefficient (Wildman–Crippen LogP) is 2.85. The second-order valence-corrected chi connectivity index (χ2v) is 6.60. The molecule has 110 valence electrons. The summed E-state index contributed by atoms with van der Waals surface area (Å²) in [6, 6.07) is 8.13. The Labute approximate surface area is 128 Å². The van der Waals surface area contributed by atoms with Gasteiger partial charge < -0.3 is 10.6 Å². The van der Waals surface area contributed by atoms with Crippen LogP contribution < -0.4 is 10.6 Å². The van der Waals surface area contributed by atoms with Crippen LogP contribution in [-0.4, -0.2) is 24.0 Å². The van der Waals surface area contributed by atoms with Gasteiger partial charge in [0.1, 0.15) is 4.88 Å². The summed E-state index contributed by atoms with van der Waals surface area (Å²) in [4.78, 5) is 19.9. The smallest absolute Gasteiger partial charge is 0.270 e. The van der Waals surface area contributed by atoms with Crippen LogP contribution in [0.25, 0.3) is 0 Å². The zero-order chi connectivity index (χ0) is 15.0. The van der Waals surface area contributed by atoms with Crippen LogP contribution in [0.15, 0.2) is 24.3 Å². The Morgan fingerprint density at radius 1 is 1.43 bits per heavy atom. The Morgan fingerprint density at radius 3 is 2.86 bits per heavy atom. The molecule has 21 heavy (non-hydrogen) atoms. The van der Waals surface area contributed by atoms with Gasteiger partial charge in [-0.25, -0.2) is 4.98 Å². The minimum absolute atomic E-state index is 0.0603. The molecular weight excluding hydrogens is 282 g/mol. The number of nitrogens with two attached hydrogens (primary N) is 1. The third-order valence-electron chi connectivity index (χ3n) is 3.93. The lowest BCUT2D eigenvalue weighted by Crippen LogP contribution is -2.30. The lowest BCUT2D eigenvalue weighted by molar-refractivity contribution is 0.0991. The highest BCUT2D eigenvalue weighted by Crippen LogP contribution is 2.39. The Kier molecular flexibility index (Phi) is 3.78. The first kappa shape index (κ1) is 14.2. The van der Waals surface area contributed by atoms with Crippen molar-refractivity contribution in [2.24, 2.45) is 5.73 Å². The molecular formula is C16H19N3OS. The fraction of sp³-hybridized carbons (Fsp3) is 0.375. The van der Waals surface area contributed by atoms with E-state index in [4.69, 9.17) is 5.73 Å². The van der Waals surface area contributed by atoms with Gasteiger partial charge in [0, 0.05) is 18.2 Å². The lowest BCUT2D eigenvalue weighted by Gasteiger charge is -2.17. The van der Waals surface area contributed by atoms with E-state index in [1.54, 1.807) is 0 Å². The van der Waals surface area contributed by atoms with Gasteiger partial charge in [-0.15, -0.1) is 11.3 Å². The van der Waals surface area contributed by atoms with Crippen LogP contribution in [0.4, 0.5) is 5.69 Å². The summed E-state index contributed by atoms with van der Waals surface area (Å²) in [5.74, 6) is 0.398. The normalized spacial score (nSPS) is 17.1. The first-order chi connectivity index (χ1) is 10.1. The highest BCUT2D eigenvalue weighted by atomic mass is 32.1. The molecule has 0 radical (unpaired) electrons. The Bertz CT molecular complexity index is 680. The van der Waals surface area contributed by atoms with Gasteiger partial charge in [0.25, 0.3) is 5.91 Å². The van der Waals surface area contributed by atoms with E-state index in [-0.39, 0.29) is 5.91 Å². The van der Waals surface area contributed by atoms with Gasteiger partial charge >= 0.3 is 0 Å². The van der Waals surface area contributed by atoms with Crippen molar-refractivity contribution in [1.29, 1.82) is 0 Å². The van der Waals surface area contributed by atoms with Crippen molar-refractivity contribution in [1.82, 2.24) is 4.98 Å². The summed E-state index contributed by atoms with van der Waals surface area (Å²) in [5.41, 5.74) is 8.79. The largest absolute Gasteiger partial charge is 0.330 e. The standard InChI is InChI=1S/C16H19N3OS/c1-10-15(21-11(2)18-10)16(20)19-9-12(7-8-17)13-5-3-4-6-14(13)19/h3-6,12H,7-9,17H2,1-2H3. The summed E-state index contributed by atoms with van der Waals surface area (Å²) in [6.07, 6.45) is 0.904. The SMILES string of the molecule is Cc1nc(C)c(C(=O)N2CC(CCN)c3ccccc32)s1. The third-order valence-corrected chi connectivity index (χ3v) is 4.99. The van der Waals surface area contributed by atoms with E-state index in [1.807, 2.05) is 36.9 Å². The van der Waals surface area contributed by atoms with Crippen molar-refractivity contribution < 1.29 is 4.79 Å². The van der Waals surface area contributed by atoms with Gasteiger partial charge in [0.15, 0.2) is 0 Å². The second-order valence-electron chi connectivity index (χ2n) is 5.40. The maximum absolute atomic E-state index is 12.9. The molecule has 1 aliphatic rings. The maximum Gasteiger partial charge on any atom is 0.270 e. The van der Waals surface area contributed by atoms with E-state index < -0.39 is 0 Å². The molecule has 2 N–H and O–H groups in total. The van der Waals surface area contributed by atoms with Crippen LogP contribution in [0, 0.1) is 13.8 Å². The molecule has 0 saturated heterocycles. The van der Waals surface area contributed by atoms with Gasteiger partial charge in [-0.2, -0.15) is 0 Å². The van der Waals surface area contributed by atoms with Crippen molar-refractivity contribution in [3.05, 3.63) is 45.4 Å². The molecule has 0 aliphatic carbocycles. The average Bonchev–Trinajstić information content (AvgIpc) is 3.00.